The quantitative estimate of drug-likeness (QED) is 0.574. The van der Waals surface area contributed by atoms with Crippen LogP contribution in [0.5, 0.6) is 0 Å². The van der Waals surface area contributed by atoms with Gasteiger partial charge in [0.2, 0.25) is 0 Å². The molecule has 2 rings (SSSR count). The average Bonchev–Trinajstić information content (AvgIpc) is 2.27. The highest BCUT2D eigenvalue weighted by Gasteiger charge is 1.96. The van der Waals surface area contributed by atoms with Crippen LogP contribution in [0.15, 0.2) is 27.7 Å². The van der Waals surface area contributed by atoms with Crippen molar-refractivity contribution in [3.05, 3.63) is 29.0 Å². The maximum absolute atomic E-state index is 10.5. The maximum atomic E-state index is 10.5. The van der Waals surface area contributed by atoms with E-state index in [1.54, 1.807) is 18.5 Å². The molecule has 2 aromatic rings. The van der Waals surface area contributed by atoms with E-state index in [9.17, 15) is 4.79 Å². The Hall–Kier alpha value is -1.58. The predicted octanol–water partition coefficient (Wildman–Crippen LogP) is 0.516. The van der Waals surface area contributed by atoms with E-state index in [4.69, 9.17) is 4.42 Å². The SMILES string of the molecule is O=c1[nH]c2cnccc2o1. The third kappa shape index (κ3) is 0.621. The summed E-state index contributed by atoms with van der Waals surface area (Å²) in [4.78, 5) is 16.8. The first-order valence-corrected chi connectivity index (χ1v) is 2.79. The Morgan fingerprint density at radius 1 is 1.60 bits per heavy atom. The van der Waals surface area contributed by atoms with E-state index in [0.29, 0.717) is 11.1 Å². The van der Waals surface area contributed by atoms with E-state index in [1.807, 2.05) is 0 Å². The molecule has 0 fully saturated rings. The van der Waals surface area contributed by atoms with Gasteiger partial charge in [-0.25, -0.2) is 4.79 Å². The second-order valence-electron chi connectivity index (χ2n) is 1.89. The molecule has 4 heteroatoms. The molecule has 0 saturated heterocycles. The first-order valence-electron chi connectivity index (χ1n) is 2.79. The zero-order valence-corrected chi connectivity index (χ0v) is 5.00. The van der Waals surface area contributed by atoms with E-state index in [-0.39, 0.29) is 0 Å². The van der Waals surface area contributed by atoms with Gasteiger partial charge < -0.3 is 4.42 Å². The number of hydrogen-bond acceptors (Lipinski definition) is 3. The molecule has 0 atom stereocenters. The number of rotatable bonds is 0. The van der Waals surface area contributed by atoms with Gasteiger partial charge in [-0.2, -0.15) is 0 Å². The fourth-order valence-electron chi connectivity index (χ4n) is 0.800. The summed E-state index contributed by atoms with van der Waals surface area (Å²) < 4.78 is 4.72. The molecule has 0 unspecified atom stereocenters. The van der Waals surface area contributed by atoms with Gasteiger partial charge in [-0.05, 0) is 0 Å². The molecule has 0 aliphatic rings. The Labute approximate surface area is 55.5 Å². The highest BCUT2D eigenvalue weighted by Crippen LogP contribution is 2.04. The number of nitrogens with one attached hydrogen (secondary N) is 1. The number of nitrogens with zero attached hydrogens (tertiary/aromatic N) is 1. The van der Waals surface area contributed by atoms with Crippen molar-refractivity contribution in [2.75, 3.05) is 0 Å². The van der Waals surface area contributed by atoms with Crippen LogP contribution in [0.1, 0.15) is 0 Å². The van der Waals surface area contributed by atoms with Crippen LogP contribution in [0.3, 0.4) is 0 Å². The molecular formula is C6H4N2O2. The lowest BCUT2D eigenvalue weighted by atomic mass is 10.4. The van der Waals surface area contributed by atoms with E-state index in [1.165, 1.54) is 0 Å². The topological polar surface area (TPSA) is 58.9 Å². The van der Waals surface area contributed by atoms with Crippen molar-refractivity contribution < 1.29 is 4.42 Å². The molecule has 0 saturated carbocycles. The van der Waals surface area contributed by atoms with Crippen LogP contribution in [-0.4, -0.2) is 9.97 Å². The van der Waals surface area contributed by atoms with Gasteiger partial charge in [0.25, 0.3) is 0 Å². The number of aromatic amines is 1. The second kappa shape index (κ2) is 1.70. The predicted molar refractivity (Wildman–Crippen MR) is 34.6 cm³/mol. The van der Waals surface area contributed by atoms with Crippen LogP contribution in [0.4, 0.5) is 0 Å². The smallest absolute Gasteiger partial charge is 0.408 e. The van der Waals surface area contributed by atoms with Crippen LogP contribution >= 0.6 is 0 Å². The summed E-state index contributed by atoms with van der Waals surface area (Å²) >= 11 is 0. The van der Waals surface area contributed by atoms with Gasteiger partial charge in [0.15, 0.2) is 5.58 Å². The molecule has 0 radical (unpaired) electrons. The summed E-state index contributed by atoms with van der Waals surface area (Å²) in [6, 6.07) is 1.63. The first kappa shape index (κ1) is 5.22. The molecule has 0 aliphatic heterocycles. The van der Waals surface area contributed by atoms with E-state index >= 15 is 0 Å². The number of fused-ring (bicyclic) bond motifs is 1. The van der Waals surface area contributed by atoms with Gasteiger partial charge in [0.05, 0.1) is 6.20 Å². The largest absolute Gasteiger partial charge is 0.417 e. The zero-order valence-electron chi connectivity index (χ0n) is 5.00. The Balaban J connectivity index is 3.01. The molecule has 50 valence electrons. The molecule has 0 spiro atoms. The Morgan fingerprint density at radius 3 is 3.30 bits per heavy atom. The number of hydrogen-bond donors (Lipinski definition) is 1. The minimum absolute atomic E-state index is 0.442. The maximum Gasteiger partial charge on any atom is 0.417 e. The second-order valence-corrected chi connectivity index (χ2v) is 1.89. The monoisotopic (exact) mass is 136 g/mol. The average molecular weight is 136 g/mol. The summed E-state index contributed by atoms with van der Waals surface area (Å²) in [5.74, 6) is -0.442. The molecule has 0 aromatic carbocycles. The highest BCUT2D eigenvalue weighted by molar-refractivity contribution is 5.69. The molecule has 0 bridgehead atoms. The van der Waals surface area contributed by atoms with Gasteiger partial charge in [-0.3, -0.25) is 9.97 Å². The fourth-order valence-corrected chi connectivity index (χ4v) is 0.800. The summed E-state index contributed by atoms with van der Waals surface area (Å²) in [5.41, 5.74) is 1.17. The number of H-pyrrole nitrogens is 1. The summed E-state index contributed by atoms with van der Waals surface area (Å²) in [5, 5.41) is 0. The molecule has 2 heterocycles. The van der Waals surface area contributed by atoms with Crippen molar-refractivity contribution in [1.29, 1.82) is 0 Å². The third-order valence-electron chi connectivity index (χ3n) is 1.22. The lowest BCUT2D eigenvalue weighted by Crippen LogP contribution is -1.92. The summed E-state index contributed by atoms with van der Waals surface area (Å²) in [6.07, 6.45) is 3.11. The van der Waals surface area contributed by atoms with Gasteiger partial charge in [0, 0.05) is 12.3 Å². The van der Waals surface area contributed by atoms with E-state index < -0.39 is 5.76 Å². The van der Waals surface area contributed by atoms with Crippen LogP contribution in [0.25, 0.3) is 11.1 Å². The summed E-state index contributed by atoms with van der Waals surface area (Å²) in [7, 11) is 0. The van der Waals surface area contributed by atoms with E-state index in [2.05, 4.69) is 9.97 Å². The number of oxazole rings is 1. The van der Waals surface area contributed by atoms with Crippen molar-refractivity contribution >= 4 is 11.1 Å². The Kier molecular flexibility index (Phi) is 0.887. The van der Waals surface area contributed by atoms with Gasteiger partial charge in [-0.15, -0.1) is 0 Å². The molecular weight excluding hydrogens is 132 g/mol. The molecule has 4 nitrogen and oxygen atoms in total. The Morgan fingerprint density at radius 2 is 2.50 bits per heavy atom. The minimum Gasteiger partial charge on any atom is -0.408 e. The fraction of sp³-hybridized carbons (Fsp3) is 0. The molecule has 10 heavy (non-hydrogen) atoms. The highest BCUT2D eigenvalue weighted by atomic mass is 16.4. The standard InChI is InChI=1S/C6H4N2O2/c9-6-8-4-3-7-2-1-5(4)10-6/h1-3H,(H,8,9). The lowest BCUT2D eigenvalue weighted by molar-refractivity contribution is 0.555. The Bertz CT molecular complexity index is 365. The van der Waals surface area contributed by atoms with Crippen molar-refractivity contribution in [1.82, 2.24) is 9.97 Å². The molecule has 1 N–H and O–H groups in total. The molecule has 0 amide bonds. The normalized spacial score (nSPS) is 10.4. The number of aromatic nitrogens is 2. The van der Waals surface area contributed by atoms with Crippen LogP contribution in [0, 0.1) is 0 Å². The summed E-state index contributed by atoms with van der Waals surface area (Å²) in [6.45, 7) is 0. The van der Waals surface area contributed by atoms with Gasteiger partial charge >= 0.3 is 5.76 Å². The van der Waals surface area contributed by atoms with Crippen molar-refractivity contribution in [3.8, 4) is 0 Å². The van der Waals surface area contributed by atoms with Gasteiger partial charge in [0.1, 0.15) is 5.52 Å². The van der Waals surface area contributed by atoms with Crippen molar-refractivity contribution in [2.45, 2.75) is 0 Å². The van der Waals surface area contributed by atoms with Crippen molar-refractivity contribution in [2.24, 2.45) is 0 Å². The van der Waals surface area contributed by atoms with Crippen molar-refractivity contribution in [3.63, 3.8) is 0 Å². The van der Waals surface area contributed by atoms with Gasteiger partial charge in [-0.1, -0.05) is 0 Å². The first-order chi connectivity index (χ1) is 4.86. The molecule has 0 aliphatic carbocycles. The molecule has 2 aromatic heterocycles. The van der Waals surface area contributed by atoms with Crippen LogP contribution < -0.4 is 5.76 Å². The third-order valence-corrected chi connectivity index (χ3v) is 1.22. The van der Waals surface area contributed by atoms with E-state index in [0.717, 1.165) is 0 Å². The van der Waals surface area contributed by atoms with Crippen LogP contribution in [0.2, 0.25) is 0 Å². The number of pyridine rings is 1. The van der Waals surface area contributed by atoms with Crippen LogP contribution in [-0.2, 0) is 0 Å². The minimum atomic E-state index is -0.442. The lowest BCUT2D eigenvalue weighted by Gasteiger charge is -1.79. The zero-order chi connectivity index (χ0) is 6.97.